The first kappa shape index (κ1) is 21.3. The lowest BCUT2D eigenvalue weighted by Crippen LogP contribution is -2.47. The Balaban J connectivity index is 0.00000288. The summed E-state index contributed by atoms with van der Waals surface area (Å²) in [4.78, 5) is 14.0. The van der Waals surface area contributed by atoms with Gasteiger partial charge in [0, 0.05) is 22.4 Å². The van der Waals surface area contributed by atoms with Crippen LogP contribution in [0.15, 0.2) is 29.2 Å². The van der Waals surface area contributed by atoms with Gasteiger partial charge in [0.05, 0.1) is 12.0 Å². The molecule has 1 aliphatic heterocycles. The first-order valence-corrected chi connectivity index (χ1v) is 8.96. The Kier molecular flexibility index (Phi) is 8.06. The molecule has 0 aromatic heterocycles. The number of ether oxygens (including phenoxy) is 1. The average Bonchev–Trinajstić information content (AvgIpc) is 2.49. The van der Waals surface area contributed by atoms with Crippen LogP contribution in [-0.4, -0.2) is 37.5 Å². The molecule has 24 heavy (non-hydrogen) atoms. The van der Waals surface area contributed by atoms with Crippen LogP contribution in [-0.2, 0) is 9.53 Å². The molecule has 0 bridgehead atoms. The second-order valence-corrected chi connectivity index (χ2v) is 9.06. The normalized spacial score (nSPS) is 17.0. The van der Waals surface area contributed by atoms with Crippen molar-refractivity contribution >= 4 is 35.8 Å². The van der Waals surface area contributed by atoms with E-state index in [1.165, 1.54) is 4.90 Å². The van der Waals surface area contributed by atoms with Crippen molar-refractivity contribution in [2.24, 2.45) is 5.41 Å². The lowest BCUT2D eigenvalue weighted by atomic mass is 9.78. The van der Waals surface area contributed by atoms with Crippen LogP contribution in [0.3, 0.4) is 0 Å². The molecule has 0 radical (unpaired) electrons. The molecule has 2 N–H and O–H groups in total. The highest BCUT2D eigenvalue weighted by atomic mass is 35.5. The Bertz CT molecular complexity index is 517. The quantitative estimate of drug-likeness (QED) is 0.768. The zero-order chi connectivity index (χ0) is 16.9. The van der Waals surface area contributed by atoms with Gasteiger partial charge in [0.25, 0.3) is 0 Å². The SMILES string of the molecule is COCC1(C(=O)Nc2ccc(SC(C)(C)C)cc2)CCNCC1.Cl. The molecule has 0 spiro atoms. The van der Waals surface area contributed by atoms with Gasteiger partial charge in [-0.1, -0.05) is 20.8 Å². The Labute approximate surface area is 155 Å². The van der Waals surface area contributed by atoms with Crippen LogP contribution in [0.2, 0.25) is 0 Å². The molecule has 1 fully saturated rings. The van der Waals surface area contributed by atoms with E-state index in [0.29, 0.717) is 6.61 Å². The topological polar surface area (TPSA) is 50.4 Å². The summed E-state index contributed by atoms with van der Waals surface area (Å²) in [6.45, 7) is 8.77. The van der Waals surface area contributed by atoms with Crippen molar-refractivity contribution in [1.29, 1.82) is 0 Å². The minimum atomic E-state index is -0.418. The zero-order valence-electron chi connectivity index (χ0n) is 15.0. The van der Waals surface area contributed by atoms with E-state index in [1.807, 2.05) is 23.9 Å². The van der Waals surface area contributed by atoms with Gasteiger partial charge in [-0.3, -0.25) is 4.79 Å². The monoisotopic (exact) mass is 372 g/mol. The van der Waals surface area contributed by atoms with E-state index in [0.717, 1.165) is 31.6 Å². The van der Waals surface area contributed by atoms with E-state index in [2.05, 4.69) is 43.5 Å². The van der Waals surface area contributed by atoms with Crippen LogP contribution in [0, 0.1) is 5.41 Å². The Hall–Kier alpha value is -0.750. The fourth-order valence-electron chi connectivity index (χ4n) is 2.84. The predicted octanol–water partition coefficient (Wildman–Crippen LogP) is 3.95. The summed E-state index contributed by atoms with van der Waals surface area (Å²) >= 11 is 1.82. The maximum atomic E-state index is 12.8. The largest absolute Gasteiger partial charge is 0.384 e. The molecule has 2 rings (SSSR count). The molecule has 1 heterocycles. The van der Waals surface area contributed by atoms with Crippen LogP contribution in [0.4, 0.5) is 5.69 Å². The summed E-state index contributed by atoms with van der Waals surface area (Å²) in [5.74, 6) is 0.0667. The second kappa shape index (κ2) is 9.09. The Morgan fingerprint density at radius 2 is 1.83 bits per heavy atom. The minimum Gasteiger partial charge on any atom is -0.384 e. The molecule has 136 valence electrons. The van der Waals surface area contributed by atoms with E-state index in [1.54, 1.807) is 7.11 Å². The first-order valence-electron chi connectivity index (χ1n) is 8.15. The van der Waals surface area contributed by atoms with Gasteiger partial charge in [-0.2, -0.15) is 0 Å². The van der Waals surface area contributed by atoms with Gasteiger partial charge in [-0.05, 0) is 50.2 Å². The summed E-state index contributed by atoms with van der Waals surface area (Å²) in [6, 6.07) is 8.09. The highest BCUT2D eigenvalue weighted by molar-refractivity contribution is 8.00. The Morgan fingerprint density at radius 3 is 2.33 bits per heavy atom. The molecule has 6 heteroatoms. The van der Waals surface area contributed by atoms with Gasteiger partial charge in [-0.15, -0.1) is 24.2 Å². The van der Waals surface area contributed by atoms with Gasteiger partial charge in [0.2, 0.25) is 5.91 Å². The van der Waals surface area contributed by atoms with Crippen LogP contribution in [0.25, 0.3) is 0 Å². The van der Waals surface area contributed by atoms with E-state index < -0.39 is 5.41 Å². The van der Waals surface area contributed by atoms with Gasteiger partial charge in [-0.25, -0.2) is 0 Å². The average molecular weight is 373 g/mol. The van der Waals surface area contributed by atoms with Crippen molar-refractivity contribution in [2.45, 2.75) is 43.3 Å². The molecule has 0 aliphatic carbocycles. The van der Waals surface area contributed by atoms with E-state index in [4.69, 9.17) is 4.74 Å². The third-order valence-electron chi connectivity index (χ3n) is 4.00. The Morgan fingerprint density at radius 1 is 1.25 bits per heavy atom. The van der Waals surface area contributed by atoms with E-state index >= 15 is 0 Å². The summed E-state index contributed by atoms with van der Waals surface area (Å²) in [5.41, 5.74) is 0.431. The molecule has 1 aromatic carbocycles. The molecule has 1 saturated heterocycles. The van der Waals surface area contributed by atoms with Crippen LogP contribution in [0.1, 0.15) is 33.6 Å². The van der Waals surface area contributed by atoms with Crippen molar-refractivity contribution in [3.63, 3.8) is 0 Å². The number of rotatable bonds is 5. The number of hydrogen-bond donors (Lipinski definition) is 2. The number of carbonyl (C=O) groups is 1. The van der Waals surface area contributed by atoms with E-state index in [9.17, 15) is 4.79 Å². The van der Waals surface area contributed by atoms with Gasteiger partial charge < -0.3 is 15.4 Å². The van der Waals surface area contributed by atoms with Crippen molar-refractivity contribution in [3.8, 4) is 0 Å². The summed E-state index contributed by atoms with van der Waals surface area (Å²) in [6.07, 6.45) is 1.62. The number of carbonyl (C=O) groups excluding carboxylic acids is 1. The molecule has 0 unspecified atom stereocenters. The number of amides is 1. The smallest absolute Gasteiger partial charge is 0.233 e. The van der Waals surface area contributed by atoms with Crippen LogP contribution in [0.5, 0.6) is 0 Å². The fraction of sp³-hybridized carbons (Fsp3) is 0.611. The summed E-state index contributed by atoms with van der Waals surface area (Å²) < 4.78 is 5.51. The van der Waals surface area contributed by atoms with Crippen molar-refractivity contribution < 1.29 is 9.53 Å². The summed E-state index contributed by atoms with van der Waals surface area (Å²) in [7, 11) is 1.66. The number of benzene rings is 1. The van der Waals surface area contributed by atoms with Gasteiger partial charge in [0.15, 0.2) is 0 Å². The lowest BCUT2D eigenvalue weighted by molar-refractivity contribution is -0.130. The number of anilines is 1. The third-order valence-corrected chi connectivity index (χ3v) is 5.12. The molecule has 4 nitrogen and oxygen atoms in total. The molecule has 0 saturated carbocycles. The molecular formula is C18H29ClN2O2S. The standard InChI is InChI=1S/C18H28N2O2S.ClH/c1-17(2,3)23-15-7-5-14(6-8-15)20-16(21)18(13-22-4)9-11-19-12-10-18;/h5-8,19H,9-13H2,1-4H3,(H,20,21);1H. The second-order valence-electron chi connectivity index (χ2n) is 7.16. The molecule has 1 amide bonds. The van der Waals surface area contributed by atoms with Crippen molar-refractivity contribution in [3.05, 3.63) is 24.3 Å². The molecule has 1 aliphatic rings. The molecular weight excluding hydrogens is 344 g/mol. The highest BCUT2D eigenvalue weighted by Gasteiger charge is 2.39. The number of halogens is 1. The number of methoxy groups -OCH3 is 1. The van der Waals surface area contributed by atoms with Gasteiger partial charge in [0.1, 0.15) is 0 Å². The van der Waals surface area contributed by atoms with Crippen molar-refractivity contribution in [2.75, 3.05) is 32.1 Å². The first-order chi connectivity index (χ1) is 10.8. The van der Waals surface area contributed by atoms with Crippen LogP contribution >= 0.6 is 24.2 Å². The fourth-order valence-corrected chi connectivity index (χ4v) is 3.82. The minimum absolute atomic E-state index is 0. The van der Waals surface area contributed by atoms with Crippen LogP contribution < -0.4 is 10.6 Å². The van der Waals surface area contributed by atoms with Crippen molar-refractivity contribution in [1.82, 2.24) is 5.32 Å². The maximum absolute atomic E-state index is 12.8. The number of nitrogens with one attached hydrogen (secondary N) is 2. The lowest BCUT2D eigenvalue weighted by Gasteiger charge is -2.35. The van der Waals surface area contributed by atoms with E-state index in [-0.39, 0.29) is 23.1 Å². The zero-order valence-corrected chi connectivity index (χ0v) is 16.6. The highest BCUT2D eigenvalue weighted by Crippen LogP contribution is 2.33. The predicted molar refractivity (Wildman–Crippen MR) is 104 cm³/mol. The number of piperidine rings is 1. The molecule has 0 atom stereocenters. The summed E-state index contributed by atoms with van der Waals surface area (Å²) in [5, 5.41) is 6.38. The maximum Gasteiger partial charge on any atom is 0.233 e. The molecule has 1 aromatic rings. The third kappa shape index (κ3) is 5.96. The number of hydrogen-bond acceptors (Lipinski definition) is 4. The van der Waals surface area contributed by atoms with Gasteiger partial charge >= 0.3 is 0 Å². The number of thioether (sulfide) groups is 1.